The second kappa shape index (κ2) is 2.87. The van der Waals surface area contributed by atoms with Crippen LogP contribution in [-0.2, 0) is 4.79 Å². The van der Waals surface area contributed by atoms with Gasteiger partial charge in [-0.2, -0.15) is 0 Å². The lowest BCUT2D eigenvalue weighted by atomic mass is 9.95. The fourth-order valence-corrected chi connectivity index (χ4v) is 0.544. The molecule has 0 aliphatic carbocycles. The van der Waals surface area contributed by atoms with E-state index in [9.17, 15) is 4.79 Å². The van der Waals surface area contributed by atoms with Crippen molar-refractivity contribution in [3.8, 4) is 0 Å². The molecule has 0 spiro atoms. The number of rotatable bonds is 2. The third-order valence-electron chi connectivity index (χ3n) is 1.03. The van der Waals surface area contributed by atoms with Gasteiger partial charge in [0.05, 0.1) is 5.41 Å². The van der Waals surface area contributed by atoms with Crippen molar-refractivity contribution >= 4 is 17.6 Å². The average molecular weight is 149 g/mol. The molecule has 0 heterocycles. The van der Waals surface area contributed by atoms with Crippen LogP contribution >= 0.6 is 11.6 Å². The monoisotopic (exact) mass is 148 g/mol. The molecule has 0 saturated heterocycles. The fraction of sp³-hybridized carbons (Fsp3) is 0.500. The Hall–Kier alpha value is -0.500. The van der Waals surface area contributed by atoms with Crippen LogP contribution in [0.3, 0.4) is 0 Å². The van der Waals surface area contributed by atoms with E-state index in [1.165, 1.54) is 11.6 Å². The van der Waals surface area contributed by atoms with Gasteiger partial charge in [-0.05, 0) is 13.8 Å². The number of carboxylic acids is 1. The summed E-state index contributed by atoms with van der Waals surface area (Å²) in [6.07, 6.45) is 1.43. The number of carbonyl (C=O) groups is 1. The second-order valence-corrected chi connectivity index (χ2v) is 2.57. The van der Waals surface area contributed by atoms with Crippen LogP contribution in [0.1, 0.15) is 13.8 Å². The Kier molecular flexibility index (Phi) is 2.71. The second-order valence-electron chi connectivity index (χ2n) is 2.32. The van der Waals surface area contributed by atoms with Crippen LogP contribution in [0, 0.1) is 5.41 Å². The van der Waals surface area contributed by atoms with Gasteiger partial charge in [0.1, 0.15) is 0 Å². The zero-order chi connectivity index (χ0) is 7.49. The largest absolute Gasteiger partial charge is 0.481 e. The van der Waals surface area contributed by atoms with Crippen molar-refractivity contribution in [2.75, 3.05) is 0 Å². The predicted octanol–water partition coefficient (Wildman–Crippen LogP) is 1.85. The van der Waals surface area contributed by atoms with Gasteiger partial charge in [0.25, 0.3) is 0 Å². The Morgan fingerprint density at radius 1 is 1.67 bits per heavy atom. The SMILES string of the molecule is CC(C)(C=CCl)C(=O)O. The molecule has 0 aliphatic rings. The minimum atomic E-state index is -0.876. The maximum absolute atomic E-state index is 10.3. The van der Waals surface area contributed by atoms with E-state index in [1.807, 2.05) is 0 Å². The van der Waals surface area contributed by atoms with Gasteiger partial charge in [-0.1, -0.05) is 17.7 Å². The summed E-state index contributed by atoms with van der Waals surface area (Å²) in [5.41, 5.74) is 0.371. The molecule has 52 valence electrons. The van der Waals surface area contributed by atoms with Crippen LogP contribution in [0.25, 0.3) is 0 Å². The van der Waals surface area contributed by atoms with Gasteiger partial charge in [-0.15, -0.1) is 0 Å². The van der Waals surface area contributed by atoms with Crippen molar-refractivity contribution in [1.82, 2.24) is 0 Å². The minimum Gasteiger partial charge on any atom is -0.481 e. The zero-order valence-electron chi connectivity index (χ0n) is 5.39. The summed E-state index contributed by atoms with van der Waals surface area (Å²) in [4.78, 5) is 10.3. The first kappa shape index (κ1) is 8.50. The molecule has 0 bridgehead atoms. The Morgan fingerprint density at radius 2 is 2.11 bits per heavy atom. The first-order chi connectivity index (χ1) is 4.00. The lowest BCUT2D eigenvalue weighted by Gasteiger charge is -2.11. The van der Waals surface area contributed by atoms with E-state index in [-0.39, 0.29) is 0 Å². The van der Waals surface area contributed by atoms with Gasteiger partial charge < -0.3 is 5.11 Å². The number of hydrogen-bond acceptors (Lipinski definition) is 1. The Morgan fingerprint density at radius 3 is 2.22 bits per heavy atom. The van der Waals surface area contributed by atoms with Gasteiger partial charge >= 0.3 is 5.97 Å². The molecule has 0 unspecified atom stereocenters. The lowest BCUT2D eigenvalue weighted by molar-refractivity contribution is -0.144. The molecule has 9 heavy (non-hydrogen) atoms. The van der Waals surface area contributed by atoms with Gasteiger partial charge in [0.2, 0.25) is 0 Å². The van der Waals surface area contributed by atoms with Crippen LogP contribution in [0.2, 0.25) is 0 Å². The predicted molar refractivity (Wildman–Crippen MR) is 36.4 cm³/mol. The Balaban J connectivity index is 4.19. The fourth-order valence-electron chi connectivity index (χ4n) is 0.229. The molecule has 1 N–H and O–H groups in total. The maximum atomic E-state index is 10.3. The number of aliphatic carboxylic acids is 1. The summed E-state index contributed by atoms with van der Waals surface area (Å²) in [5.74, 6) is -0.876. The summed E-state index contributed by atoms with van der Waals surface area (Å²) in [6.45, 7) is 3.16. The van der Waals surface area contributed by atoms with Crippen molar-refractivity contribution in [2.24, 2.45) is 5.41 Å². The number of halogens is 1. The Labute approximate surface area is 59.1 Å². The van der Waals surface area contributed by atoms with E-state index in [0.29, 0.717) is 0 Å². The van der Waals surface area contributed by atoms with Crippen LogP contribution in [0.4, 0.5) is 0 Å². The van der Waals surface area contributed by atoms with Crippen molar-refractivity contribution < 1.29 is 9.90 Å². The topological polar surface area (TPSA) is 37.3 Å². The van der Waals surface area contributed by atoms with Crippen LogP contribution in [-0.4, -0.2) is 11.1 Å². The lowest BCUT2D eigenvalue weighted by Crippen LogP contribution is -2.20. The number of hydrogen-bond donors (Lipinski definition) is 1. The highest BCUT2D eigenvalue weighted by Crippen LogP contribution is 2.16. The summed E-state index contributed by atoms with van der Waals surface area (Å²) in [7, 11) is 0. The van der Waals surface area contributed by atoms with E-state index in [2.05, 4.69) is 0 Å². The smallest absolute Gasteiger partial charge is 0.312 e. The van der Waals surface area contributed by atoms with Crippen molar-refractivity contribution in [3.05, 3.63) is 11.6 Å². The highest BCUT2D eigenvalue weighted by molar-refractivity contribution is 6.25. The van der Waals surface area contributed by atoms with Crippen molar-refractivity contribution in [1.29, 1.82) is 0 Å². The van der Waals surface area contributed by atoms with Crippen LogP contribution < -0.4 is 0 Å². The molecule has 0 aromatic rings. The van der Waals surface area contributed by atoms with E-state index in [4.69, 9.17) is 16.7 Å². The van der Waals surface area contributed by atoms with Crippen LogP contribution in [0.15, 0.2) is 11.6 Å². The summed E-state index contributed by atoms with van der Waals surface area (Å²) in [6, 6.07) is 0. The summed E-state index contributed by atoms with van der Waals surface area (Å²) >= 11 is 5.19. The van der Waals surface area contributed by atoms with Crippen molar-refractivity contribution in [3.63, 3.8) is 0 Å². The molecular weight excluding hydrogens is 140 g/mol. The molecule has 0 amide bonds. The molecule has 2 nitrogen and oxygen atoms in total. The first-order valence-electron chi connectivity index (χ1n) is 2.52. The molecule has 0 saturated carbocycles. The Bertz CT molecular complexity index is 138. The molecule has 0 fully saturated rings. The maximum Gasteiger partial charge on any atom is 0.312 e. The van der Waals surface area contributed by atoms with E-state index in [1.54, 1.807) is 13.8 Å². The van der Waals surface area contributed by atoms with Crippen LogP contribution in [0.5, 0.6) is 0 Å². The molecule has 3 heteroatoms. The normalized spacial score (nSPS) is 12.3. The highest BCUT2D eigenvalue weighted by atomic mass is 35.5. The van der Waals surface area contributed by atoms with Crippen molar-refractivity contribution in [2.45, 2.75) is 13.8 Å². The van der Waals surface area contributed by atoms with Gasteiger partial charge in [-0.25, -0.2) is 0 Å². The molecule has 0 atom stereocenters. The highest BCUT2D eigenvalue weighted by Gasteiger charge is 2.22. The molecule has 0 aromatic heterocycles. The third kappa shape index (κ3) is 2.51. The number of carboxylic acid groups (broad SMARTS) is 1. The summed E-state index contributed by atoms with van der Waals surface area (Å²) in [5, 5.41) is 8.46. The first-order valence-corrected chi connectivity index (χ1v) is 2.95. The molecule has 0 aromatic carbocycles. The summed E-state index contributed by atoms with van der Waals surface area (Å²) < 4.78 is 0. The molecule has 0 radical (unpaired) electrons. The minimum absolute atomic E-state index is 0.845. The van der Waals surface area contributed by atoms with E-state index < -0.39 is 11.4 Å². The molecular formula is C6H9ClO2. The third-order valence-corrected chi connectivity index (χ3v) is 1.16. The quantitative estimate of drug-likeness (QED) is 0.649. The standard InChI is InChI=1S/C6H9ClO2/c1-6(2,3-4-7)5(8)9/h3-4H,1-2H3,(H,8,9). The van der Waals surface area contributed by atoms with E-state index >= 15 is 0 Å². The van der Waals surface area contributed by atoms with Gasteiger partial charge in [0, 0.05) is 5.54 Å². The van der Waals surface area contributed by atoms with Gasteiger partial charge in [0.15, 0.2) is 0 Å². The van der Waals surface area contributed by atoms with Gasteiger partial charge in [-0.3, -0.25) is 4.79 Å². The van der Waals surface area contributed by atoms with E-state index in [0.717, 1.165) is 0 Å². The average Bonchev–Trinajstić information content (AvgIpc) is 1.65. The molecule has 0 rings (SSSR count). The zero-order valence-corrected chi connectivity index (χ0v) is 6.14. The molecule has 0 aliphatic heterocycles.